The summed E-state index contributed by atoms with van der Waals surface area (Å²) in [6, 6.07) is 9.42. The number of piperidine rings is 1. The van der Waals surface area contributed by atoms with Crippen molar-refractivity contribution in [2.75, 3.05) is 36.5 Å². The number of likely N-dealkylation sites (tertiary alicyclic amines) is 1. The molecule has 2 aromatic rings. The van der Waals surface area contributed by atoms with E-state index in [1.165, 1.54) is 23.1 Å². The van der Waals surface area contributed by atoms with Gasteiger partial charge in [-0.25, -0.2) is 9.18 Å². The summed E-state index contributed by atoms with van der Waals surface area (Å²) in [6.45, 7) is 6.93. The Morgan fingerprint density at radius 1 is 1.20 bits per heavy atom. The zero-order valence-corrected chi connectivity index (χ0v) is 20.3. The van der Waals surface area contributed by atoms with Gasteiger partial charge in [0.2, 0.25) is 5.91 Å². The molecule has 4 amide bonds. The fourth-order valence-corrected chi connectivity index (χ4v) is 4.56. The lowest BCUT2D eigenvalue weighted by atomic mass is 9.84. The SMILES string of the molecule is Cc1cccc(NC(=O)NC2COc3cc(F)ccc3N(CC(=O)N3CCCC(C)(C)C3)C2=O)c1. The average Bonchev–Trinajstić information content (AvgIpc) is 2.90. The van der Waals surface area contributed by atoms with Gasteiger partial charge in [-0.1, -0.05) is 26.0 Å². The monoisotopic (exact) mass is 482 g/mol. The Labute approximate surface area is 204 Å². The van der Waals surface area contributed by atoms with Gasteiger partial charge in [-0.3, -0.25) is 14.5 Å². The number of carbonyl (C=O) groups excluding carboxylic acids is 3. The van der Waals surface area contributed by atoms with Crippen LogP contribution in [0, 0.1) is 18.2 Å². The predicted molar refractivity (Wildman–Crippen MR) is 131 cm³/mol. The van der Waals surface area contributed by atoms with Crippen molar-refractivity contribution in [3.63, 3.8) is 0 Å². The van der Waals surface area contributed by atoms with Gasteiger partial charge < -0.3 is 20.3 Å². The molecule has 1 saturated heterocycles. The maximum absolute atomic E-state index is 13.9. The molecule has 1 atom stereocenters. The van der Waals surface area contributed by atoms with Crippen molar-refractivity contribution in [1.29, 1.82) is 0 Å². The number of fused-ring (bicyclic) bond motifs is 1. The molecule has 2 heterocycles. The first-order valence-electron chi connectivity index (χ1n) is 11.8. The van der Waals surface area contributed by atoms with Crippen molar-refractivity contribution < 1.29 is 23.5 Å². The highest BCUT2D eigenvalue weighted by Crippen LogP contribution is 2.33. The second kappa shape index (κ2) is 9.93. The molecule has 1 unspecified atom stereocenters. The topological polar surface area (TPSA) is 91.0 Å². The van der Waals surface area contributed by atoms with Crippen LogP contribution in [0.3, 0.4) is 0 Å². The third-order valence-electron chi connectivity index (χ3n) is 6.31. The molecule has 2 aliphatic heterocycles. The van der Waals surface area contributed by atoms with Crippen LogP contribution in [0.25, 0.3) is 0 Å². The number of nitrogens with zero attached hydrogens (tertiary/aromatic N) is 2. The van der Waals surface area contributed by atoms with Gasteiger partial charge in [0.05, 0.1) is 5.69 Å². The highest BCUT2D eigenvalue weighted by Gasteiger charge is 2.36. The molecule has 0 aromatic heterocycles. The van der Waals surface area contributed by atoms with E-state index in [4.69, 9.17) is 4.74 Å². The zero-order chi connectivity index (χ0) is 25.2. The molecular weight excluding hydrogens is 451 g/mol. The summed E-state index contributed by atoms with van der Waals surface area (Å²) in [5.41, 5.74) is 1.84. The lowest BCUT2D eigenvalue weighted by Crippen LogP contribution is -2.54. The van der Waals surface area contributed by atoms with Crippen molar-refractivity contribution in [3.8, 4) is 5.75 Å². The Bertz CT molecular complexity index is 1140. The third kappa shape index (κ3) is 5.90. The van der Waals surface area contributed by atoms with E-state index in [1.54, 1.807) is 17.0 Å². The Balaban J connectivity index is 1.53. The number of rotatable bonds is 4. The van der Waals surface area contributed by atoms with E-state index >= 15 is 0 Å². The first-order chi connectivity index (χ1) is 16.6. The molecule has 2 aliphatic rings. The van der Waals surface area contributed by atoms with Crippen molar-refractivity contribution >= 4 is 29.2 Å². The Kier molecular flexibility index (Phi) is 6.95. The normalized spacial score (nSPS) is 19.3. The minimum absolute atomic E-state index is 0.00117. The summed E-state index contributed by atoms with van der Waals surface area (Å²) in [7, 11) is 0. The van der Waals surface area contributed by atoms with E-state index in [1.807, 2.05) is 19.1 Å². The first-order valence-corrected chi connectivity index (χ1v) is 11.8. The summed E-state index contributed by atoms with van der Waals surface area (Å²) in [4.78, 5) is 42.4. The number of anilines is 2. The van der Waals surface area contributed by atoms with Crippen LogP contribution in [0.1, 0.15) is 32.3 Å². The fraction of sp³-hybridized carbons (Fsp3) is 0.423. The quantitative estimate of drug-likeness (QED) is 0.695. The maximum atomic E-state index is 13.9. The van der Waals surface area contributed by atoms with Crippen LogP contribution in [0.4, 0.5) is 20.6 Å². The van der Waals surface area contributed by atoms with Gasteiger partial charge in [0.15, 0.2) is 0 Å². The fourth-order valence-electron chi connectivity index (χ4n) is 4.56. The summed E-state index contributed by atoms with van der Waals surface area (Å²) >= 11 is 0. The molecule has 0 aliphatic carbocycles. The van der Waals surface area contributed by atoms with Crippen LogP contribution in [0.5, 0.6) is 5.75 Å². The smallest absolute Gasteiger partial charge is 0.320 e. The van der Waals surface area contributed by atoms with Gasteiger partial charge in [0.1, 0.15) is 30.8 Å². The molecule has 0 bridgehead atoms. The van der Waals surface area contributed by atoms with E-state index in [0.717, 1.165) is 18.4 Å². The molecule has 0 spiro atoms. The third-order valence-corrected chi connectivity index (χ3v) is 6.31. The molecular formula is C26H31FN4O4. The number of halogens is 1. The second-order valence-electron chi connectivity index (χ2n) is 9.95. The van der Waals surface area contributed by atoms with Gasteiger partial charge in [0.25, 0.3) is 5.91 Å². The molecule has 8 nitrogen and oxygen atoms in total. The van der Waals surface area contributed by atoms with Crippen LogP contribution in [-0.4, -0.2) is 55.0 Å². The van der Waals surface area contributed by atoms with Crippen LogP contribution in [-0.2, 0) is 9.59 Å². The van der Waals surface area contributed by atoms with E-state index in [9.17, 15) is 18.8 Å². The van der Waals surface area contributed by atoms with Crippen LogP contribution >= 0.6 is 0 Å². The number of nitrogens with one attached hydrogen (secondary N) is 2. The summed E-state index contributed by atoms with van der Waals surface area (Å²) < 4.78 is 19.6. The Morgan fingerprint density at radius 3 is 2.74 bits per heavy atom. The molecule has 9 heteroatoms. The number of hydrogen-bond donors (Lipinski definition) is 2. The van der Waals surface area contributed by atoms with Crippen LogP contribution < -0.4 is 20.3 Å². The van der Waals surface area contributed by atoms with Crippen molar-refractivity contribution in [2.45, 2.75) is 39.7 Å². The minimum Gasteiger partial charge on any atom is -0.489 e. The van der Waals surface area contributed by atoms with Gasteiger partial charge in [-0.15, -0.1) is 0 Å². The molecule has 2 aromatic carbocycles. The Morgan fingerprint density at radius 2 is 2.00 bits per heavy atom. The predicted octanol–water partition coefficient (Wildman–Crippen LogP) is 3.70. The van der Waals surface area contributed by atoms with Gasteiger partial charge in [0, 0.05) is 24.8 Å². The summed E-state index contributed by atoms with van der Waals surface area (Å²) in [5.74, 6) is -1.08. The lowest BCUT2D eigenvalue weighted by Gasteiger charge is -2.39. The first kappa shape index (κ1) is 24.5. The Hall–Kier alpha value is -3.62. The van der Waals surface area contributed by atoms with Crippen molar-refractivity contribution in [1.82, 2.24) is 10.2 Å². The van der Waals surface area contributed by atoms with Crippen molar-refractivity contribution in [3.05, 3.63) is 53.8 Å². The molecule has 4 rings (SSSR count). The average molecular weight is 483 g/mol. The summed E-state index contributed by atoms with van der Waals surface area (Å²) in [6.07, 6.45) is 1.92. The van der Waals surface area contributed by atoms with Crippen molar-refractivity contribution in [2.24, 2.45) is 5.41 Å². The minimum atomic E-state index is -1.07. The number of urea groups is 1. The number of hydrogen-bond acceptors (Lipinski definition) is 4. The zero-order valence-electron chi connectivity index (χ0n) is 20.3. The van der Waals surface area contributed by atoms with Gasteiger partial charge in [-0.05, 0) is 55.0 Å². The number of benzene rings is 2. The van der Waals surface area contributed by atoms with Gasteiger partial charge in [-0.2, -0.15) is 0 Å². The highest BCUT2D eigenvalue weighted by molar-refractivity contribution is 6.05. The molecule has 2 N–H and O–H groups in total. The molecule has 186 valence electrons. The second-order valence-corrected chi connectivity index (χ2v) is 9.95. The molecule has 0 saturated carbocycles. The number of carbonyl (C=O) groups is 3. The number of ether oxygens (including phenoxy) is 1. The van der Waals surface area contributed by atoms with E-state index < -0.39 is 23.8 Å². The number of aryl methyl sites for hydroxylation is 1. The lowest BCUT2D eigenvalue weighted by molar-refractivity contribution is -0.134. The summed E-state index contributed by atoms with van der Waals surface area (Å²) in [5, 5.41) is 5.34. The van der Waals surface area contributed by atoms with E-state index in [0.29, 0.717) is 24.5 Å². The molecule has 0 radical (unpaired) electrons. The van der Waals surface area contributed by atoms with Crippen LogP contribution in [0.15, 0.2) is 42.5 Å². The molecule has 1 fully saturated rings. The van der Waals surface area contributed by atoms with Gasteiger partial charge >= 0.3 is 6.03 Å². The molecule has 35 heavy (non-hydrogen) atoms. The number of amides is 4. The maximum Gasteiger partial charge on any atom is 0.320 e. The van der Waals surface area contributed by atoms with E-state index in [2.05, 4.69) is 24.5 Å². The highest BCUT2D eigenvalue weighted by atomic mass is 19.1. The largest absolute Gasteiger partial charge is 0.489 e. The van der Waals surface area contributed by atoms with Crippen LogP contribution in [0.2, 0.25) is 0 Å². The van der Waals surface area contributed by atoms with E-state index in [-0.39, 0.29) is 30.2 Å². The standard InChI is InChI=1S/C26H31FN4O4/c1-17-6-4-7-19(12-17)28-25(34)29-20-15-35-22-13-18(27)8-9-21(22)31(24(20)33)14-23(32)30-11-5-10-26(2,3)16-30/h4,6-9,12-13,20H,5,10-11,14-16H2,1-3H3,(H2,28,29,34).